The second-order valence-electron chi connectivity index (χ2n) is 4.71. The molecule has 0 amide bonds. The van der Waals surface area contributed by atoms with E-state index in [1.807, 2.05) is 0 Å². The lowest BCUT2D eigenvalue weighted by molar-refractivity contribution is -0.148. The molecule has 0 heterocycles. The summed E-state index contributed by atoms with van der Waals surface area (Å²) in [6.07, 6.45) is 2.83. The van der Waals surface area contributed by atoms with Gasteiger partial charge >= 0.3 is 5.97 Å². The van der Waals surface area contributed by atoms with Crippen molar-refractivity contribution in [2.75, 3.05) is 0 Å². The van der Waals surface area contributed by atoms with Crippen LogP contribution in [0.3, 0.4) is 0 Å². The highest BCUT2D eigenvalue weighted by atomic mass is 19.1. The zero-order chi connectivity index (χ0) is 12.5. The molecule has 1 N–H and O–H groups in total. The van der Waals surface area contributed by atoms with Crippen LogP contribution in [0.5, 0.6) is 0 Å². The van der Waals surface area contributed by atoms with Gasteiger partial charge in [0.1, 0.15) is 11.6 Å². The summed E-state index contributed by atoms with van der Waals surface area (Å²) in [4.78, 5) is 11.3. The Hall–Kier alpha value is -1.45. The van der Waals surface area contributed by atoms with E-state index in [-0.39, 0.29) is 12.0 Å². The highest BCUT2D eigenvalue weighted by Gasteiger charge is 2.41. The first kappa shape index (κ1) is 12.0. The fraction of sp³-hybridized carbons (Fsp3) is 0.462. The summed E-state index contributed by atoms with van der Waals surface area (Å²) in [6.45, 7) is 0. The third-order valence-corrected chi connectivity index (χ3v) is 3.55. The minimum atomic E-state index is -0.908. The van der Waals surface area contributed by atoms with Gasteiger partial charge < -0.3 is 5.11 Å². The van der Waals surface area contributed by atoms with Gasteiger partial charge in [0.05, 0.1) is 5.41 Å². The molecule has 92 valence electrons. The minimum absolute atomic E-state index is 0.0753. The Bertz CT molecular complexity index is 437. The molecule has 0 spiro atoms. The predicted octanol–water partition coefficient (Wildman–Crippen LogP) is 3.15. The molecule has 2 nitrogen and oxygen atoms in total. The summed E-state index contributed by atoms with van der Waals surface area (Å²) in [7, 11) is 0. The molecule has 1 saturated carbocycles. The van der Waals surface area contributed by atoms with E-state index < -0.39 is 23.0 Å². The van der Waals surface area contributed by atoms with Crippen molar-refractivity contribution in [3.8, 4) is 0 Å². The molecule has 2 rings (SSSR count). The van der Waals surface area contributed by atoms with Gasteiger partial charge in [-0.1, -0.05) is 12.8 Å². The van der Waals surface area contributed by atoms with E-state index >= 15 is 0 Å². The molecule has 0 aromatic heterocycles. The van der Waals surface area contributed by atoms with Crippen LogP contribution in [0.4, 0.5) is 8.78 Å². The summed E-state index contributed by atoms with van der Waals surface area (Å²) >= 11 is 0. The lowest BCUT2D eigenvalue weighted by atomic mass is 9.80. The average molecular weight is 240 g/mol. The van der Waals surface area contributed by atoms with E-state index in [1.54, 1.807) is 0 Å². The van der Waals surface area contributed by atoms with Gasteiger partial charge in [0.25, 0.3) is 0 Å². The number of hydrogen-bond acceptors (Lipinski definition) is 1. The second-order valence-corrected chi connectivity index (χ2v) is 4.71. The first-order valence-electron chi connectivity index (χ1n) is 5.71. The zero-order valence-corrected chi connectivity index (χ0v) is 9.38. The molecule has 1 aliphatic carbocycles. The first-order valence-corrected chi connectivity index (χ1v) is 5.71. The second kappa shape index (κ2) is 4.43. The van der Waals surface area contributed by atoms with E-state index in [0.717, 1.165) is 31.0 Å². The van der Waals surface area contributed by atoms with Crippen LogP contribution in [0.25, 0.3) is 0 Å². The summed E-state index contributed by atoms with van der Waals surface area (Å²) in [5, 5.41) is 9.27. The normalized spacial score (nSPS) is 18.2. The number of carbonyl (C=O) groups is 1. The first-order chi connectivity index (χ1) is 8.03. The Labute approximate surface area is 98.3 Å². The van der Waals surface area contributed by atoms with Crippen LogP contribution in [0.15, 0.2) is 18.2 Å². The van der Waals surface area contributed by atoms with Crippen molar-refractivity contribution >= 4 is 5.97 Å². The quantitative estimate of drug-likeness (QED) is 0.881. The lowest BCUT2D eigenvalue weighted by Crippen LogP contribution is -2.30. The molecule has 1 aromatic carbocycles. The van der Waals surface area contributed by atoms with E-state index in [2.05, 4.69) is 0 Å². The average Bonchev–Trinajstić information content (AvgIpc) is 2.73. The Balaban J connectivity index is 2.29. The van der Waals surface area contributed by atoms with Crippen molar-refractivity contribution in [2.24, 2.45) is 5.41 Å². The van der Waals surface area contributed by atoms with E-state index in [4.69, 9.17) is 0 Å². The van der Waals surface area contributed by atoms with Crippen molar-refractivity contribution < 1.29 is 18.7 Å². The summed E-state index contributed by atoms with van der Waals surface area (Å²) in [5.74, 6) is -1.96. The maximum Gasteiger partial charge on any atom is 0.309 e. The molecule has 0 radical (unpaired) electrons. The molecule has 1 fully saturated rings. The number of halogens is 2. The topological polar surface area (TPSA) is 37.3 Å². The number of benzene rings is 1. The maximum atomic E-state index is 13.5. The zero-order valence-electron chi connectivity index (χ0n) is 9.38. The largest absolute Gasteiger partial charge is 0.481 e. The standard InChI is InChI=1S/C13H14F2O2/c14-10-3-4-11(15)9(7-10)8-13(12(16)17)5-1-2-6-13/h3-4,7H,1-2,5-6,8H2,(H,16,17). The molecule has 0 aliphatic heterocycles. The molecule has 0 bridgehead atoms. The summed E-state index contributed by atoms with van der Waals surface area (Å²) in [6, 6.07) is 3.19. The van der Waals surface area contributed by atoms with Gasteiger partial charge in [-0.05, 0) is 43.0 Å². The molecule has 0 saturated heterocycles. The van der Waals surface area contributed by atoms with Crippen molar-refractivity contribution in [3.05, 3.63) is 35.4 Å². The Morgan fingerprint density at radius 2 is 1.94 bits per heavy atom. The monoisotopic (exact) mass is 240 g/mol. The van der Waals surface area contributed by atoms with Gasteiger partial charge in [-0.25, -0.2) is 8.78 Å². The van der Waals surface area contributed by atoms with Gasteiger partial charge in [0.2, 0.25) is 0 Å². The van der Waals surface area contributed by atoms with Crippen LogP contribution in [0.1, 0.15) is 31.2 Å². The number of carboxylic acids is 1. The fourth-order valence-corrected chi connectivity index (χ4v) is 2.56. The smallest absolute Gasteiger partial charge is 0.309 e. The van der Waals surface area contributed by atoms with Gasteiger partial charge in [-0.2, -0.15) is 0 Å². The van der Waals surface area contributed by atoms with Crippen LogP contribution >= 0.6 is 0 Å². The lowest BCUT2D eigenvalue weighted by Gasteiger charge is -2.23. The predicted molar refractivity (Wildman–Crippen MR) is 58.6 cm³/mol. The molecule has 0 atom stereocenters. The number of carboxylic acid groups (broad SMARTS) is 1. The minimum Gasteiger partial charge on any atom is -0.481 e. The van der Waals surface area contributed by atoms with Gasteiger partial charge in [-0.3, -0.25) is 4.79 Å². The molecule has 1 aliphatic rings. The molecule has 4 heteroatoms. The van der Waals surface area contributed by atoms with Crippen molar-refractivity contribution in [3.63, 3.8) is 0 Å². The summed E-state index contributed by atoms with van der Waals surface area (Å²) < 4.78 is 26.5. The molecular formula is C13H14F2O2. The van der Waals surface area contributed by atoms with Gasteiger partial charge in [0.15, 0.2) is 0 Å². The third-order valence-electron chi connectivity index (χ3n) is 3.55. The highest BCUT2D eigenvalue weighted by molar-refractivity contribution is 5.75. The highest BCUT2D eigenvalue weighted by Crippen LogP contribution is 2.41. The Morgan fingerprint density at radius 3 is 2.53 bits per heavy atom. The Kier molecular flexibility index (Phi) is 3.13. The maximum absolute atomic E-state index is 13.5. The third kappa shape index (κ3) is 2.30. The van der Waals surface area contributed by atoms with Crippen molar-refractivity contribution in [1.29, 1.82) is 0 Å². The molecule has 1 aromatic rings. The van der Waals surface area contributed by atoms with Crippen molar-refractivity contribution in [2.45, 2.75) is 32.1 Å². The Morgan fingerprint density at radius 1 is 1.29 bits per heavy atom. The SMILES string of the molecule is O=C(O)C1(Cc2cc(F)ccc2F)CCCC1. The molecule has 17 heavy (non-hydrogen) atoms. The molecule has 0 unspecified atom stereocenters. The van der Waals surface area contributed by atoms with Crippen molar-refractivity contribution in [1.82, 2.24) is 0 Å². The van der Waals surface area contributed by atoms with Crippen LogP contribution in [0.2, 0.25) is 0 Å². The van der Waals surface area contributed by atoms with Crippen LogP contribution in [-0.4, -0.2) is 11.1 Å². The van der Waals surface area contributed by atoms with E-state index in [1.165, 1.54) is 0 Å². The fourth-order valence-electron chi connectivity index (χ4n) is 2.56. The van der Waals surface area contributed by atoms with Gasteiger partial charge in [0, 0.05) is 0 Å². The number of rotatable bonds is 3. The van der Waals surface area contributed by atoms with Crippen LogP contribution in [0, 0.1) is 17.0 Å². The van der Waals surface area contributed by atoms with E-state index in [0.29, 0.717) is 12.8 Å². The van der Waals surface area contributed by atoms with Crippen LogP contribution < -0.4 is 0 Å². The number of aliphatic carboxylic acids is 1. The van der Waals surface area contributed by atoms with Gasteiger partial charge in [-0.15, -0.1) is 0 Å². The summed E-state index contributed by atoms with van der Waals surface area (Å²) in [5.41, 5.74) is -0.747. The van der Waals surface area contributed by atoms with E-state index in [9.17, 15) is 18.7 Å². The molecular weight excluding hydrogens is 226 g/mol. The van der Waals surface area contributed by atoms with Crippen LogP contribution in [-0.2, 0) is 11.2 Å². The number of hydrogen-bond donors (Lipinski definition) is 1.